The van der Waals surface area contributed by atoms with Crippen molar-refractivity contribution in [2.75, 3.05) is 6.54 Å². The maximum Gasteiger partial charge on any atom is 0.254 e. The predicted octanol–water partition coefficient (Wildman–Crippen LogP) is 3.86. The summed E-state index contributed by atoms with van der Waals surface area (Å²) in [5, 5.41) is 0. The lowest BCUT2D eigenvalue weighted by molar-refractivity contribution is 0.0547. The summed E-state index contributed by atoms with van der Waals surface area (Å²) in [6, 6.07) is 3.26. The Balaban J connectivity index is 3.08. The van der Waals surface area contributed by atoms with Crippen LogP contribution in [0.4, 0.5) is 8.78 Å². The van der Waals surface area contributed by atoms with Crippen molar-refractivity contribution in [3.05, 3.63) is 35.4 Å². The number of rotatable bonds is 3. The van der Waals surface area contributed by atoms with Crippen molar-refractivity contribution in [1.82, 2.24) is 4.90 Å². The number of carbonyl (C=O) groups is 1. The van der Waals surface area contributed by atoms with E-state index in [-0.39, 0.29) is 17.0 Å². The Bertz CT molecular complexity index is 464. The number of benzene rings is 1. The highest BCUT2D eigenvalue weighted by molar-refractivity contribution is 5.94. The summed E-state index contributed by atoms with van der Waals surface area (Å²) in [6.45, 7) is 10.4. The van der Waals surface area contributed by atoms with Crippen LogP contribution in [-0.2, 0) is 0 Å². The van der Waals surface area contributed by atoms with Gasteiger partial charge in [-0.2, -0.15) is 0 Å². The molecule has 1 amide bonds. The van der Waals surface area contributed by atoms with E-state index >= 15 is 0 Å². The molecule has 1 aromatic rings. The highest BCUT2D eigenvalue weighted by atomic mass is 19.2. The smallest absolute Gasteiger partial charge is 0.254 e. The first kappa shape index (κ1) is 15.6. The van der Waals surface area contributed by atoms with Gasteiger partial charge >= 0.3 is 0 Å². The number of halogens is 2. The molecule has 1 rings (SSSR count). The normalized spacial score (nSPS) is 11.8. The molecule has 4 heteroatoms. The third kappa shape index (κ3) is 4.01. The van der Waals surface area contributed by atoms with Gasteiger partial charge in [0.25, 0.3) is 5.91 Å². The minimum atomic E-state index is -0.996. The maximum absolute atomic E-state index is 13.2. The fraction of sp³-hybridized carbons (Fsp3) is 0.533. The monoisotopic (exact) mass is 269 g/mol. The van der Waals surface area contributed by atoms with E-state index in [4.69, 9.17) is 0 Å². The predicted molar refractivity (Wildman–Crippen MR) is 72.0 cm³/mol. The van der Waals surface area contributed by atoms with Crippen molar-refractivity contribution < 1.29 is 13.6 Å². The molecule has 19 heavy (non-hydrogen) atoms. The molecule has 0 spiro atoms. The Morgan fingerprint density at radius 3 is 2.21 bits per heavy atom. The van der Waals surface area contributed by atoms with Crippen molar-refractivity contribution in [3.63, 3.8) is 0 Å². The molecule has 0 heterocycles. The van der Waals surface area contributed by atoms with Crippen LogP contribution in [0.1, 0.15) is 45.0 Å². The molecule has 0 fully saturated rings. The van der Waals surface area contributed by atoms with Gasteiger partial charge in [0.1, 0.15) is 0 Å². The van der Waals surface area contributed by atoms with Crippen molar-refractivity contribution in [1.29, 1.82) is 0 Å². The summed E-state index contributed by atoms with van der Waals surface area (Å²) >= 11 is 0. The summed E-state index contributed by atoms with van der Waals surface area (Å²) in [5.41, 5.74) is -0.193. The summed E-state index contributed by atoms with van der Waals surface area (Å²) in [5.74, 6) is -1.92. The summed E-state index contributed by atoms with van der Waals surface area (Å²) in [6.07, 6.45) is 0. The lowest BCUT2D eigenvalue weighted by atomic mass is 10.0. The molecular weight excluding hydrogens is 248 g/mol. The standard InChI is InChI=1S/C15H21F2NO/c1-10(2)9-18(15(3,4)5)14(19)11-6-7-12(16)13(17)8-11/h6-8,10H,9H2,1-5H3. The van der Waals surface area contributed by atoms with Crippen molar-refractivity contribution in [3.8, 4) is 0 Å². The first-order chi connectivity index (χ1) is 8.62. The Hall–Kier alpha value is -1.45. The second-order valence-corrected chi connectivity index (χ2v) is 6.11. The topological polar surface area (TPSA) is 20.3 Å². The zero-order valence-corrected chi connectivity index (χ0v) is 12.1. The average Bonchev–Trinajstić information content (AvgIpc) is 2.27. The first-order valence-electron chi connectivity index (χ1n) is 6.40. The third-order valence-electron chi connectivity index (χ3n) is 2.77. The van der Waals surface area contributed by atoms with Crippen LogP contribution in [0.5, 0.6) is 0 Å². The fourth-order valence-corrected chi connectivity index (χ4v) is 1.81. The molecule has 0 aliphatic rings. The molecule has 0 aliphatic carbocycles. The molecule has 2 nitrogen and oxygen atoms in total. The minimum Gasteiger partial charge on any atom is -0.334 e. The Labute approximate surface area is 113 Å². The van der Waals surface area contributed by atoms with Crippen LogP contribution in [-0.4, -0.2) is 22.9 Å². The Morgan fingerprint density at radius 1 is 1.21 bits per heavy atom. The Kier molecular flexibility index (Phi) is 4.66. The number of nitrogens with zero attached hydrogens (tertiary/aromatic N) is 1. The zero-order chi connectivity index (χ0) is 14.8. The van der Waals surface area contributed by atoms with E-state index < -0.39 is 11.6 Å². The zero-order valence-electron chi connectivity index (χ0n) is 12.1. The molecule has 106 valence electrons. The van der Waals surface area contributed by atoms with Gasteiger partial charge in [-0.15, -0.1) is 0 Å². The number of carbonyl (C=O) groups excluding carboxylic acids is 1. The summed E-state index contributed by atoms with van der Waals surface area (Å²) in [4.78, 5) is 14.1. The molecule has 0 aliphatic heterocycles. The molecular formula is C15H21F2NO. The largest absolute Gasteiger partial charge is 0.334 e. The van der Waals surface area contributed by atoms with E-state index in [2.05, 4.69) is 0 Å². The van der Waals surface area contributed by atoms with E-state index in [9.17, 15) is 13.6 Å². The van der Waals surface area contributed by atoms with Crippen molar-refractivity contribution in [2.45, 2.75) is 40.2 Å². The SMILES string of the molecule is CC(C)CN(C(=O)c1ccc(F)c(F)c1)C(C)(C)C. The second kappa shape index (κ2) is 5.68. The molecule has 1 aromatic carbocycles. The minimum absolute atomic E-state index is 0.175. The summed E-state index contributed by atoms with van der Waals surface area (Å²) < 4.78 is 26.1. The van der Waals surface area contributed by atoms with E-state index in [0.29, 0.717) is 12.5 Å². The lowest BCUT2D eigenvalue weighted by Gasteiger charge is -2.37. The van der Waals surface area contributed by atoms with Crippen LogP contribution in [0.25, 0.3) is 0 Å². The van der Waals surface area contributed by atoms with Crippen LogP contribution in [0, 0.1) is 17.6 Å². The van der Waals surface area contributed by atoms with Gasteiger partial charge in [0.2, 0.25) is 0 Å². The van der Waals surface area contributed by atoms with Gasteiger partial charge in [-0.3, -0.25) is 4.79 Å². The molecule has 0 atom stereocenters. The number of hydrogen-bond donors (Lipinski definition) is 0. The van der Waals surface area contributed by atoms with Crippen LogP contribution in [0.2, 0.25) is 0 Å². The molecule has 0 radical (unpaired) electrons. The van der Waals surface area contributed by atoms with Crippen molar-refractivity contribution in [2.24, 2.45) is 5.92 Å². The molecule has 0 bridgehead atoms. The fourth-order valence-electron chi connectivity index (χ4n) is 1.81. The van der Waals surface area contributed by atoms with E-state index in [1.807, 2.05) is 34.6 Å². The van der Waals surface area contributed by atoms with E-state index in [1.165, 1.54) is 6.07 Å². The molecule has 0 saturated heterocycles. The van der Waals surface area contributed by atoms with Crippen LogP contribution in [0.15, 0.2) is 18.2 Å². The third-order valence-corrected chi connectivity index (χ3v) is 2.77. The first-order valence-corrected chi connectivity index (χ1v) is 6.40. The highest BCUT2D eigenvalue weighted by Gasteiger charge is 2.28. The van der Waals surface area contributed by atoms with Gasteiger partial charge in [-0.1, -0.05) is 13.8 Å². The van der Waals surface area contributed by atoms with Gasteiger partial charge in [-0.25, -0.2) is 8.78 Å². The van der Waals surface area contributed by atoms with Crippen molar-refractivity contribution >= 4 is 5.91 Å². The maximum atomic E-state index is 13.2. The lowest BCUT2D eigenvalue weighted by Crippen LogP contribution is -2.47. The molecule has 0 N–H and O–H groups in total. The van der Waals surface area contributed by atoms with E-state index in [0.717, 1.165) is 12.1 Å². The van der Waals surface area contributed by atoms with Gasteiger partial charge in [0, 0.05) is 17.6 Å². The van der Waals surface area contributed by atoms with Crippen LogP contribution in [0.3, 0.4) is 0 Å². The average molecular weight is 269 g/mol. The van der Waals surface area contributed by atoms with Crippen LogP contribution >= 0.6 is 0 Å². The second-order valence-electron chi connectivity index (χ2n) is 6.11. The van der Waals surface area contributed by atoms with Gasteiger partial charge < -0.3 is 4.90 Å². The molecule has 0 aromatic heterocycles. The van der Waals surface area contributed by atoms with Gasteiger partial charge in [0.05, 0.1) is 0 Å². The van der Waals surface area contributed by atoms with Gasteiger partial charge in [0.15, 0.2) is 11.6 Å². The Morgan fingerprint density at radius 2 is 1.79 bits per heavy atom. The molecule has 0 unspecified atom stereocenters. The highest BCUT2D eigenvalue weighted by Crippen LogP contribution is 2.20. The van der Waals surface area contributed by atoms with Crippen LogP contribution < -0.4 is 0 Å². The van der Waals surface area contributed by atoms with Gasteiger partial charge in [-0.05, 0) is 44.9 Å². The number of hydrogen-bond acceptors (Lipinski definition) is 1. The van der Waals surface area contributed by atoms with E-state index in [1.54, 1.807) is 4.90 Å². The summed E-state index contributed by atoms with van der Waals surface area (Å²) in [7, 11) is 0. The number of amides is 1. The molecule has 0 saturated carbocycles. The quantitative estimate of drug-likeness (QED) is 0.816.